The maximum absolute atomic E-state index is 10.8. The average Bonchev–Trinajstić information content (AvgIpc) is 2.74. The first-order valence-corrected chi connectivity index (χ1v) is 9.28. The van der Waals surface area contributed by atoms with Gasteiger partial charge in [-0.1, -0.05) is 0 Å². The average molecular weight is 396 g/mol. The Morgan fingerprint density at radius 3 is 2.48 bits per heavy atom. The van der Waals surface area contributed by atoms with E-state index in [0.29, 0.717) is 22.5 Å². The minimum Gasteiger partial charge on any atom is -0.490 e. The number of hydrogen-bond acceptors (Lipinski definition) is 8. The quantitative estimate of drug-likeness (QED) is 0.498. The first-order valence-electron chi connectivity index (χ1n) is 9.28. The van der Waals surface area contributed by atoms with E-state index >= 15 is 0 Å². The molecule has 1 aliphatic heterocycles. The van der Waals surface area contributed by atoms with Gasteiger partial charge in [0, 0.05) is 18.2 Å². The maximum Gasteiger partial charge on any atom is 0.320 e. The first kappa shape index (κ1) is 18.9. The van der Waals surface area contributed by atoms with Crippen LogP contribution in [0.1, 0.15) is 12.8 Å². The number of piperidine rings is 1. The highest BCUT2D eigenvalue weighted by molar-refractivity contribution is 5.85. The van der Waals surface area contributed by atoms with Crippen molar-refractivity contribution in [2.45, 2.75) is 18.9 Å². The van der Waals surface area contributed by atoms with Crippen LogP contribution in [0.2, 0.25) is 0 Å². The highest BCUT2D eigenvalue weighted by atomic mass is 16.6. The third-order valence-corrected chi connectivity index (χ3v) is 4.65. The molecule has 1 aromatic heterocycles. The van der Waals surface area contributed by atoms with Gasteiger partial charge in [-0.05, 0) is 50.2 Å². The summed E-state index contributed by atoms with van der Waals surface area (Å²) in [7, 11) is 1.48. The zero-order valence-corrected chi connectivity index (χ0v) is 15.8. The van der Waals surface area contributed by atoms with Crippen LogP contribution in [-0.2, 0) is 0 Å². The number of fused-ring (bicyclic) bond motifs is 1. The second-order valence-electron chi connectivity index (χ2n) is 6.61. The highest BCUT2D eigenvalue weighted by Gasteiger charge is 2.16. The molecule has 4 rings (SSSR count). The molecule has 1 fully saturated rings. The number of benzene rings is 2. The zero-order chi connectivity index (χ0) is 20.2. The summed E-state index contributed by atoms with van der Waals surface area (Å²) in [5.74, 6) is 1.45. The van der Waals surface area contributed by atoms with Gasteiger partial charge in [0.05, 0.1) is 22.9 Å². The van der Waals surface area contributed by atoms with E-state index in [4.69, 9.17) is 14.2 Å². The molecule has 0 aliphatic carbocycles. The number of methoxy groups -OCH3 is 1. The van der Waals surface area contributed by atoms with Crippen molar-refractivity contribution in [2.24, 2.45) is 0 Å². The van der Waals surface area contributed by atoms with Gasteiger partial charge in [-0.25, -0.2) is 0 Å². The molecular formula is C20H20N4O5. The third-order valence-electron chi connectivity index (χ3n) is 4.65. The minimum absolute atomic E-state index is 0.0119. The van der Waals surface area contributed by atoms with Crippen molar-refractivity contribution in [1.82, 2.24) is 15.3 Å². The smallest absolute Gasteiger partial charge is 0.320 e. The molecule has 0 saturated carbocycles. The Kier molecular flexibility index (Phi) is 5.39. The van der Waals surface area contributed by atoms with E-state index in [2.05, 4.69) is 15.3 Å². The molecule has 1 N–H and O–H groups in total. The largest absolute Gasteiger partial charge is 0.490 e. The van der Waals surface area contributed by atoms with Crippen LogP contribution < -0.4 is 19.5 Å². The lowest BCUT2D eigenvalue weighted by Gasteiger charge is -2.24. The van der Waals surface area contributed by atoms with Gasteiger partial charge >= 0.3 is 6.01 Å². The molecule has 1 aliphatic rings. The zero-order valence-electron chi connectivity index (χ0n) is 15.8. The number of hydrogen-bond donors (Lipinski definition) is 1. The van der Waals surface area contributed by atoms with E-state index in [1.807, 2.05) is 18.2 Å². The normalized spacial score (nSPS) is 14.5. The number of rotatable bonds is 6. The summed E-state index contributed by atoms with van der Waals surface area (Å²) in [5, 5.41) is 14.8. The van der Waals surface area contributed by atoms with Crippen molar-refractivity contribution in [2.75, 3.05) is 20.2 Å². The fraction of sp³-hybridized carbons (Fsp3) is 0.300. The van der Waals surface area contributed by atoms with Crippen LogP contribution in [0.25, 0.3) is 10.9 Å². The van der Waals surface area contributed by atoms with Crippen molar-refractivity contribution in [3.63, 3.8) is 0 Å². The van der Waals surface area contributed by atoms with E-state index in [9.17, 15) is 10.1 Å². The Balaban J connectivity index is 1.63. The van der Waals surface area contributed by atoms with Crippen LogP contribution in [-0.4, -0.2) is 41.2 Å². The number of non-ortho nitro benzene ring substituents is 1. The number of nitrogens with zero attached hydrogens (tertiary/aromatic N) is 3. The molecule has 9 heteroatoms. The molecule has 9 nitrogen and oxygen atoms in total. The molecule has 1 saturated heterocycles. The SMILES string of the molecule is COc1nc(Oc2ccc([N+](=O)[O-])cc2)c2ccc(OC3CCNCC3)cc2n1. The predicted molar refractivity (Wildman–Crippen MR) is 106 cm³/mol. The van der Waals surface area contributed by atoms with Crippen LogP contribution >= 0.6 is 0 Å². The Bertz CT molecular complexity index is 1020. The van der Waals surface area contributed by atoms with E-state index in [-0.39, 0.29) is 17.8 Å². The van der Waals surface area contributed by atoms with E-state index in [1.165, 1.54) is 31.4 Å². The minimum atomic E-state index is -0.462. The molecule has 0 atom stereocenters. The summed E-state index contributed by atoms with van der Waals surface area (Å²) in [6.07, 6.45) is 2.09. The Morgan fingerprint density at radius 1 is 1.07 bits per heavy atom. The van der Waals surface area contributed by atoms with Gasteiger partial charge in [0.1, 0.15) is 17.6 Å². The second kappa shape index (κ2) is 8.27. The van der Waals surface area contributed by atoms with E-state index in [1.54, 1.807) is 0 Å². The van der Waals surface area contributed by atoms with Crippen molar-refractivity contribution < 1.29 is 19.1 Å². The van der Waals surface area contributed by atoms with Crippen LogP contribution in [0.3, 0.4) is 0 Å². The van der Waals surface area contributed by atoms with Crippen molar-refractivity contribution in [1.29, 1.82) is 0 Å². The maximum atomic E-state index is 10.8. The number of nitrogens with one attached hydrogen (secondary N) is 1. The van der Waals surface area contributed by atoms with Crippen LogP contribution in [0.15, 0.2) is 42.5 Å². The van der Waals surface area contributed by atoms with Gasteiger partial charge < -0.3 is 19.5 Å². The number of ether oxygens (including phenoxy) is 3. The molecule has 0 spiro atoms. The molecular weight excluding hydrogens is 376 g/mol. The Labute approximate surface area is 166 Å². The molecule has 29 heavy (non-hydrogen) atoms. The number of aromatic nitrogens is 2. The summed E-state index contributed by atoms with van der Waals surface area (Å²) in [4.78, 5) is 19.0. The van der Waals surface area contributed by atoms with Crippen molar-refractivity contribution >= 4 is 16.6 Å². The topological polar surface area (TPSA) is 109 Å². The molecule has 150 valence electrons. The molecule has 0 radical (unpaired) electrons. The summed E-state index contributed by atoms with van der Waals surface area (Å²) >= 11 is 0. The summed E-state index contributed by atoms with van der Waals surface area (Å²) < 4.78 is 17.1. The summed E-state index contributed by atoms with van der Waals surface area (Å²) in [6.45, 7) is 1.89. The monoisotopic (exact) mass is 396 g/mol. The Morgan fingerprint density at radius 2 is 1.79 bits per heavy atom. The molecule has 2 heterocycles. The van der Waals surface area contributed by atoms with E-state index in [0.717, 1.165) is 31.7 Å². The number of nitro benzene ring substituents is 1. The summed E-state index contributed by atoms with van der Waals surface area (Å²) in [5.41, 5.74) is 0.613. The standard InChI is InChI=1S/C20H20N4O5/c1-27-20-22-18-12-16(28-15-8-10-21-11-9-15)6-7-17(18)19(23-20)29-14-4-2-13(3-5-14)24(25)26/h2-7,12,15,21H,8-11H2,1H3. The van der Waals surface area contributed by atoms with Gasteiger partial charge in [0.25, 0.3) is 5.69 Å². The predicted octanol–water partition coefficient (Wildman–Crippen LogP) is 3.47. The third kappa shape index (κ3) is 4.35. The van der Waals surface area contributed by atoms with Crippen LogP contribution in [0.5, 0.6) is 23.4 Å². The lowest BCUT2D eigenvalue weighted by Crippen LogP contribution is -2.34. The van der Waals surface area contributed by atoms with Gasteiger partial charge in [0.15, 0.2) is 0 Å². The van der Waals surface area contributed by atoms with Crippen molar-refractivity contribution in [3.05, 3.63) is 52.6 Å². The fourth-order valence-corrected chi connectivity index (χ4v) is 3.16. The van der Waals surface area contributed by atoms with Crippen molar-refractivity contribution in [3.8, 4) is 23.4 Å². The molecule has 3 aromatic rings. The first-order chi connectivity index (χ1) is 14.1. The molecule has 0 bridgehead atoms. The lowest BCUT2D eigenvalue weighted by atomic mass is 10.1. The highest BCUT2D eigenvalue weighted by Crippen LogP contribution is 2.32. The fourth-order valence-electron chi connectivity index (χ4n) is 3.16. The van der Waals surface area contributed by atoms with Gasteiger partial charge in [-0.2, -0.15) is 9.97 Å². The summed E-state index contributed by atoms with van der Waals surface area (Å²) in [6, 6.07) is 11.5. The second-order valence-corrected chi connectivity index (χ2v) is 6.61. The van der Waals surface area contributed by atoms with Gasteiger partial charge in [-0.3, -0.25) is 10.1 Å². The van der Waals surface area contributed by atoms with Gasteiger partial charge in [-0.15, -0.1) is 0 Å². The lowest BCUT2D eigenvalue weighted by molar-refractivity contribution is -0.384. The van der Waals surface area contributed by atoms with Crippen LogP contribution in [0, 0.1) is 10.1 Å². The Hall–Kier alpha value is -3.46. The molecule has 0 unspecified atom stereocenters. The number of nitro groups is 1. The van der Waals surface area contributed by atoms with Gasteiger partial charge in [0.2, 0.25) is 5.88 Å². The van der Waals surface area contributed by atoms with Crippen LogP contribution in [0.4, 0.5) is 5.69 Å². The van der Waals surface area contributed by atoms with E-state index < -0.39 is 4.92 Å². The molecule has 0 amide bonds. The molecule has 2 aromatic carbocycles.